The lowest BCUT2D eigenvalue weighted by atomic mass is 9.91. The molecule has 0 aliphatic carbocycles. The van der Waals surface area contributed by atoms with Crippen LogP contribution in [0.1, 0.15) is 71.0 Å². The molecular formula is C32H43F3N6O3Si. The lowest BCUT2D eigenvalue weighted by Gasteiger charge is -2.42. The molecule has 13 heteroatoms. The lowest BCUT2D eigenvalue weighted by Crippen LogP contribution is -2.52. The molecule has 2 N–H and O–H groups in total. The average molecular weight is 645 g/mol. The van der Waals surface area contributed by atoms with Crippen molar-refractivity contribution in [3.63, 3.8) is 0 Å². The smallest absolute Gasteiger partial charge is 0.407 e. The molecule has 4 heterocycles. The molecule has 2 aliphatic rings. The SMILES string of the molecule is CC[Si](CC)(CC)OC(C)(C)C(F)(F)c1cccc(C(C)Nc2nc(C)nc3ncc(N4C[C@@H]5C[C@H]4CN5C(=O)O)cc23)c1F. The molecule has 2 aromatic heterocycles. The van der Waals surface area contributed by atoms with Crippen LogP contribution in [0.4, 0.5) is 29.5 Å². The number of aryl methyl sites for hydroxylation is 1. The summed E-state index contributed by atoms with van der Waals surface area (Å²) in [7, 11) is -2.43. The van der Waals surface area contributed by atoms with E-state index in [0.29, 0.717) is 53.9 Å². The molecule has 5 rings (SSSR count). The van der Waals surface area contributed by atoms with Crippen LogP contribution in [0.5, 0.6) is 0 Å². The second-order valence-corrected chi connectivity index (χ2v) is 17.5. The minimum atomic E-state index is -3.59. The zero-order valence-electron chi connectivity index (χ0n) is 27.0. The van der Waals surface area contributed by atoms with Gasteiger partial charge < -0.3 is 24.6 Å². The van der Waals surface area contributed by atoms with Gasteiger partial charge in [-0.1, -0.05) is 32.9 Å². The van der Waals surface area contributed by atoms with Gasteiger partial charge in [-0.3, -0.25) is 0 Å². The second-order valence-electron chi connectivity index (χ2n) is 12.8. The van der Waals surface area contributed by atoms with Gasteiger partial charge in [0.05, 0.1) is 34.9 Å². The van der Waals surface area contributed by atoms with E-state index in [1.807, 2.05) is 26.8 Å². The number of alkyl halides is 2. The van der Waals surface area contributed by atoms with Crippen molar-refractivity contribution in [2.24, 2.45) is 0 Å². The number of benzene rings is 1. The van der Waals surface area contributed by atoms with Crippen LogP contribution in [0.15, 0.2) is 30.5 Å². The highest BCUT2D eigenvalue weighted by molar-refractivity contribution is 6.73. The lowest BCUT2D eigenvalue weighted by molar-refractivity contribution is -0.161. The summed E-state index contributed by atoms with van der Waals surface area (Å²) in [5.74, 6) is -3.72. The number of aromatic nitrogens is 3. The monoisotopic (exact) mass is 644 g/mol. The van der Waals surface area contributed by atoms with Crippen molar-refractivity contribution in [3.8, 4) is 0 Å². The number of piperazine rings is 1. The van der Waals surface area contributed by atoms with E-state index in [1.165, 1.54) is 30.9 Å². The zero-order chi connectivity index (χ0) is 32.9. The van der Waals surface area contributed by atoms with Crippen molar-refractivity contribution in [3.05, 3.63) is 53.2 Å². The third-order valence-corrected chi connectivity index (χ3v) is 14.6. The van der Waals surface area contributed by atoms with Gasteiger partial charge >= 0.3 is 12.0 Å². The molecular weight excluding hydrogens is 601 g/mol. The van der Waals surface area contributed by atoms with Crippen molar-refractivity contribution in [1.29, 1.82) is 0 Å². The van der Waals surface area contributed by atoms with Crippen LogP contribution in [0, 0.1) is 12.7 Å². The number of nitrogens with zero attached hydrogens (tertiary/aromatic N) is 5. The molecule has 45 heavy (non-hydrogen) atoms. The second kappa shape index (κ2) is 12.0. The van der Waals surface area contributed by atoms with E-state index in [9.17, 15) is 9.90 Å². The molecule has 0 radical (unpaired) electrons. The van der Waals surface area contributed by atoms with Gasteiger partial charge in [-0.15, -0.1) is 0 Å². The first-order chi connectivity index (χ1) is 21.2. The third-order valence-electron chi connectivity index (χ3n) is 9.81. The summed E-state index contributed by atoms with van der Waals surface area (Å²) >= 11 is 0. The van der Waals surface area contributed by atoms with Gasteiger partial charge in [0.2, 0.25) is 0 Å². The van der Waals surface area contributed by atoms with Crippen LogP contribution in [0.3, 0.4) is 0 Å². The number of nitrogens with one attached hydrogen (secondary N) is 1. The number of pyridine rings is 1. The van der Waals surface area contributed by atoms with Crippen molar-refractivity contribution >= 4 is 36.9 Å². The molecule has 2 fully saturated rings. The molecule has 1 unspecified atom stereocenters. The van der Waals surface area contributed by atoms with Crippen LogP contribution < -0.4 is 10.2 Å². The first kappa shape index (κ1) is 32.9. The summed E-state index contributed by atoms with van der Waals surface area (Å²) in [6.45, 7) is 13.0. The van der Waals surface area contributed by atoms with Crippen molar-refractivity contribution in [2.75, 3.05) is 23.3 Å². The summed E-state index contributed by atoms with van der Waals surface area (Å²) in [5, 5.41) is 13.3. The Morgan fingerprint density at radius 2 is 1.84 bits per heavy atom. The average Bonchev–Trinajstić information content (AvgIpc) is 3.61. The standard InChI is InChI=1S/C32H43F3N6O3Si/c1-8-45(9-2,10-3)44-31(6,7)32(34,35)26-13-11-12-24(27(26)33)19(4)37-29-25-15-21(16-36-28(25)38-20(5)39-29)40-17-23-14-22(40)18-41(23)30(42)43/h11-13,15-16,19,22-23H,8-10,14,17-18H2,1-7H3,(H,42,43)(H,36,37,38,39)/t19?,22-,23-/m0/s1. The van der Waals surface area contributed by atoms with Crippen LogP contribution in [-0.2, 0) is 10.3 Å². The number of amides is 1. The van der Waals surface area contributed by atoms with E-state index in [0.717, 1.165) is 18.2 Å². The fourth-order valence-electron chi connectivity index (χ4n) is 6.90. The molecule has 2 saturated heterocycles. The topological polar surface area (TPSA) is 104 Å². The van der Waals surface area contributed by atoms with Crippen LogP contribution in [0.25, 0.3) is 11.0 Å². The van der Waals surface area contributed by atoms with Gasteiger partial charge in [0.15, 0.2) is 14.0 Å². The van der Waals surface area contributed by atoms with Gasteiger partial charge in [0.25, 0.3) is 0 Å². The number of likely N-dealkylation sites (tertiary alicyclic amines) is 1. The molecule has 2 bridgehead atoms. The van der Waals surface area contributed by atoms with Gasteiger partial charge in [-0.2, -0.15) is 8.78 Å². The fourth-order valence-corrected chi connectivity index (χ4v) is 10.0. The van der Waals surface area contributed by atoms with Gasteiger partial charge in [0, 0.05) is 24.7 Å². The van der Waals surface area contributed by atoms with E-state index in [-0.39, 0.29) is 17.6 Å². The quantitative estimate of drug-likeness (QED) is 0.207. The van der Waals surface area contributed by atoms with E-state index >= 15 is 13.2 Å². The molecule has 244 valence electrons. The maximum absolute atomic E-state index is 16.2. The fraction of sp³-hybridized carbons (Fsp3) is 0.562. The maximum atomic E-state index is 16.2. The predicted molar refractivity (Wildman–Crippen MR) is 171 cm³/mol. The van der Waals surface area contributed by atoms with E-state index in [2.05, 4.69) is 25.2 Å². The largest absolute Gasteiger partial charge is 0.465 e. The van der Waals surface area contributed by atoms with Gasteiger partial charge in [0.1, 0.15) is 23.1 Å². The minimum Gasteiger partial charge on any atom is -0.465 e. The number of carbonyl (C=O) groups is 1. The molecule has 1 aromatic carbocycles. The van der Waals surface area contributed by atoms with E-state index in [4.69, 9.17) is 4.43 Å². The number of anilines is 2. The molecule has 0 saturated carbocycles. The van der Waals surface area contributed by atoms with Crippen molar-refractivity contribution in [2.45, 2.75) is 103 Å². The Balaban J connectivity index is 1.44. The highest BCUT2D eigenvalue weighted by atomic mass is 28.4. The van der Waals surface area contributed by atoms with Crippen molar-refractivity contribution in [1.82, 2.24) is 19.9 Å². The number of fused-ring (bicyclic) bond motifs is 3. The molecule has 3 aromatic rings. The van der Waals surface area contributed by atoms with Crippen LogP contribution in [0.2, 0.25) is 18.1 Å². The number of halogens is 3. The number of hydrogen-bond acceptors (Lipinski definition) is 7. The number of hydrogen-bond donors (Lipinski definition) is 2. The maximum Gasteiger partial charge on any atom is 0.407 e. The third kappa shape index (κ3) is 5.84. The molecule has 1 amide bonds. The first-order valence-electron chi connectivity index (χ1n) is 15.7. The van der Waals surface area contributed by atoms with Crippen LogP contribution >= 0.6 is 0 Å². The summed E-state index contributed by atoms with van der Waals surface area (Å²) in [5.41, 5.74) is -1.28. The normalized spacial score (nSPS) is 19.4. The van der Waals surface area contributed by atoms with E-state index < -0.39 is 43.4 Å². The predicted octanol–water partition coefficient (Wildman–Crippen LogP) is 7.48. The zero-order valence-corrected chi connectivity index (χ0v) is 28.0. The van der Waals surface area contributed by atoms with Crippen molar-refractivity contribution < 1.29 is 27.5 Å². The molecule has 9 nitrogen and oxygen atoms in total. The Morgan fingerprint density at radius 3 is 2.44 bits per heavy atom. The Bertz CT molecular complexity index is 1580. The Morgan fingerprint density at radius 1 is 1.16 bits per heavy atom. The van der Waals surface area contributed by atoms with Gasteiger partial charge in [-0.25, -0.2) is 24.1 Å². The first-order valence-corrected chi connectivity index (χ1v) is 18.2. The summed E-state index contributed by atoms with van der Waals surface area (Å²) in [6, 6.07) is 7.32. The molecule has 0 spiro atoms. The summed E-state index contributed by atoms with van der Waals surface area (Å²) < 4.78 is 54.7. The Labute approximate surface area is 263 Å². The Hall–Kier alpha value is -3.45. The van der Waals surface area contributed by atoms with Gasteiger partial charge in [-0.05, 0) is 64.4 Å². The molecule has 2 aliphatic heterocycles. The highest BCUT2D eigenvalue weighted by Crippen LogP contribution is 2.46. The summed E-state index contributed by atoms with van der Waals surface area (Å²) in [4.78, 5) is 28.8. The highest BCUT2D eigenvalue weighted by Gasteiger charge is 2.54. The summed E-state index contributed by atoms with van der Waals surface area (Å²) in [6.07, 6.45) is 1.55. The van der Waals surface area contributed by atoms with E-state index in [1.54, 1.807) is 20.0 Å². The number of carboxylic acid groups (broad SMARTS) is 1. The number of rotatable bonds is 11. The minimum absolute atomic E-state index is 0.0404. The van der Waals surface area contributed by atoms with Crippen LogP contribution in [-0.4, -0.2) is 70.1 Å². The molecule has 3 atom stereocenters. The Kier molecular flexibility index (Phi) is 8.82.